The van der Waals surface area contributed by atoms with Crippen molar-refractivity contribution in [3.05, 3.63) is 35.4 Å². The van der Waals surface area contributed by atoms with E-state index in [0.717, 1.165) is 31.0 Å². The van der Waals surface area contributed by atoms with E-state index in [1.54, 1.807) is 0 Å². The highest BCUT2D eigenvalue weighted by Gasteiger charge is 2.38. The van der Waals surface area contributed by atoms with Gasteiger partial charge >= 0.3 is 0 Å². The van der Waals surface area contributed by atoms with E-state index in [2.05, 4.69) is 12.1 Å². The van der Waals surface area contributed by atoms with Crippen LogP contribution in [0.1, 0.15) is 31.4 Å². The number of thioether (sulfide) groups is 1. The molecule has 0 N–H and O–H groups in total. The number of nitrogens with zero attached hydrogens (tertiary/aromatic N) is 2. The van der Waals surface area contributed by atoms with Gasteiger partial charge in [0.05, 0.1) is 0 Å². The molecule has 4 nitrogen and oxygen atoms in total. The van der Waals surface area contributed by atoms with Crippen molar-refractivity contribution < 1.29 is 9.59 Å². The second kappa shape index (κ2) is 7.60. The quantitative estimate of drug-likeness (QED) is 0.845. The van der Waals surface area contributed by atoms with Crippen LogP contribution in [0.4, 0.5) is 0 Å². The van der Waals surface area contributed by atoms with E-state index < -0.39 is 0 Å². The topological polar surface area (TPSA) is 40.6 Å². The summed E-state index contributed by atoms with van der Waals surface area (Å²) in [4.78, 5) is 29.8. The van der Waals surface area contributed by atoms with E-state index in [9.17, 15) is 9.59 Å². The van der Waals surface area contributed by atoms with Crippen molar-refractivity contribution in [2.75, 3.05) is 24.6 Å². The molecule has 0 saturated carbocycles. The Labute approximate surface area is 148 Å². The maximum absolute atomic E-state index is 13.1. The van der Waals surface area contributed by atoms with Crippen molar-refractivity contribution in [1.82, 2.24) is 9.80 Å². The van der Waals surface area contributed by atoms with Gasteiger partial charge in [0.25, 0.3) is 0 Å². The number of carbonyl (C=O) groups excluding carboxylic acids is 2. The lowest BCUT2D eigenvalue weighted by molar-refractivity contribution is -0.149. The highest BCUT2D eigenvalue weighted by molar-refractivity contribution is 7.99. The maximum atomic E-state index is 13.1. The minimum atomic E-state index is -0.343. The Morgan fingerprint density at radius 2 is 1.88 bits per heavy atom. The summed E-state index contributed by atoms with van der Waals surface area (Å²) in [6.45, 7) is 6.14. The molecule has 0 spiro atoms. The number of benzene rings is 1. The lowest BCUT2D eigenvalue weighted by Gasteiger charge is -2.40. The van der Waals surface area contributed by atoms with Crippen molar-refractivity contribution in [2.24, 2.45) is 5.92 Å². The van der Waals surface area contributed by atoms with Crippen LogP contribution in [0.3, 0.4) is 0 Å². The van der Waals surface area contributed by atoms with Crippen molar-refractivity contribution >= 4 is 23.6 Å². The van der Waals surface area contributed by atoms with Gasteiger partial charge in [-0.15, -0.1) is 0 Å². The summed E-state index contributed by atoms with van der Waals surface area (Å²) in [7, 11) is 0. The van der Waals surface area contributed by atoms with E-state index in [-0.39, 0.29) is 23.8 Å². The average molecular weight is 346 g/mol. The molecule has 1 fully saturated rings. The highest BCUT2D eigenvalue weighted by Crippen LogP contribution is 2.27. The first-order valence-electron chi connectivity index (χ1n) is 8.85. The molecule has 1 saturated heterocycles. The van der Waals surface area contributed by atoms with Crippen LogP contribution in [-0.2, 0) is 22.6 Å². The lowest BCUT2D eigenvalue weighted by atomic mass is 9.91. The largest absolute Gasteiger partial charge is 0.339 e. The molecule has 0 radical (unpaired) electrons. The van der Waals surface area contributed by atoms with Gasteiger partial charge in [-0.25, -0.2) is 0 Å². The molecule has 5 heteroatoms. The zero-order chi connectivity index (χ0) is 17.1. The Morgan fingerprint density at radius 1 is 1.21 bits per heavy atom. The molecule has 2 aliphatic heterocycles. The monoisotopic (exact) mass is 346 g/mol. The molecule has 0 aromatic heterocycles. The number of rotatable bonds is 3. The van der Waals surface area contributed by atoms with Gasteiger partial charge in [-0.1, -0.05) is 38.1 Å². The summed E-state index contributed by atoms with van der Waals surface area (Å²) in [6, 6.07) is 7.85. The van der Waals surface area contributed by atoms with E-state index >= 15 is 0 Å². The van der Waals surface area contributed by atoms with Gasteiger partial charge in [0.2, 0.25) is 11.8 Å². The first kappa shape index (κ1) is 17.3. The molecule has 24 heavy (non-hydrogen) atoms. The molecular formula is C19H26N2O2S. The van der Waals surface area contributed by atoms with E-state index in [1.165, 1.54) is 11.1 Å². The molecular weight excluding hydrogens is 320 g/mol. The standard InChI is InChI=1S/C19H26N2O2S/c1-3-14(2)18(22)21-13-16-7-5-4-6-15(16)12-17(21)19(23)20-8-10-24-11-9-20/h4-7,14,17H,3,8-13H2,1-2H3. The van der Waals surface area contributed by atoms with E-state index in [4.69, 9.17) is 0 Å². The van der Waals surface area contributed by atoms with Gasteiger partial charge in [-0.3, -0.25) is 9.59 Å². The zero-order valence-electron chi connectivity index (χ0n) is 14.5. The molecule has 2 aliphatic rings. The van der Waals surface area contributed by atoms with Gasteiger partial charge in [0.1, 0.15) is 6.04 Å². The second-order valence-corrected chi connectivity index (χ2v) is 7.93. The van der Waals surface area contributed by atoms with Crippen LogP contribution < -0.4 is 0 Å². The number of hydrogen-bond donors (Lipinski definition) is 0. The molecule has 0 bridgehead atoms. The minimum Gasteiger partial charge on any atom is -0.339 e. The molecule has 2 atom stereocenters. The normalized spacial score (nSPS) is 22.0. The Morgan fingerprint density at radius 3 is 2.54 bits per heavy atom. The third-order valence-electron chi connectivity index (χ3n) is 5.17. The lowest BCUT2D eigenvalue weighted by Crippen LogP contribution is -2.55. The van der Waals surface area contributed by atoms with Crippen molar-refractivity contribution in [2.45, 2.75) is 39.3 Å². The van der Waals surface area contributed by atoms with Crippen molar-refractivity contribution in [1.29, 1.82) is 0 Å². The first-order valence-corrected chi connectivity index (χ1v) is 10.0. The summed E-state index contributed by atoms with van der Waals surface area (Å²) in [5.41, 5.74) is 2.38. The third-order valence-corrected chi connectivity index (χ3v) is 6.12. The van der Waals surface area contributed by atoms with Crippen LogP contribution in [0.2, 0.25) is 0 Å². The number of carbonyl (C=O) groups is 2. The third kappa shape index (κ3) is 3.46. The summed E-state index contributed by atoms with van der Waals surface area (Å²) >= 11 is 1.89. The zero-order valence-corrected chi connectivity index (χ0v) is 15.3. The van der Waals surface area contributed by atoms with Gasteiger partial charge in [-0.2, -0.15) is 11.8 Å². The predicted octanol–water partition coefficient (Wildman–Crippen LogP) is 2.56. The highest BCUT2D eigenvalue weighted by atomic mass is 32.2. The van der Waals surface area contributed by atoms with Crippen LogP contribution in [0.5, 0.6) is 0 Å². The summed E-state index contributed by atoms with van der Waals surface area (Å²) in [6.07, 6.45) is 1.44. The molecule has 1 aromatic rings. The minimum absolute atomic E-state index is 0.0394. The summed E-state index contributed by atoms with van der Waals surface area (Å²) in [5, 5.41) is 0. The smallest absolute Gasteiger partial charge is 0.245 e. The first-order chi connectivity index (χ1) is 11.6. The van der Waals surface area contributed by atoms with Gasteiger partial charge in [0.15, 0.2) is 0 Å². The maximum Gasteiger partial charge on any atom is 0.245 e. The molecule has 1 aromatic carbocycles. The van der Waals surface area contributed by atoms with Gasteiger partial charge < -0.3 is 9.80 Å². The van der Waals surface area contributed by atoms with E-state index in [1.807, 2.05) is 47.5 Å². The molecule has 3 rings (SSSR count). The van der Waals surface area contributed by atoms with Crippen molar-refractivity contribution in [3.8, 4) is 0 Å². The Hall–Kier alpha value is -1.49. The van der Waals surface area contributed by atoms with E-state index in [0.29, 0.717) is 13.0 Å². The van der Waals surface area contributed by atoms with Gasteiger partial charge in [-0.05, 0) is 17.5 Å². The fourth-order valence-corrected chi connectivity index (χ4v) is 4.33. The number of amides is 2. The molecule has 2 unspecified atom stereocenters. The fourth-order valence-electron chi connectivity index (χ4n) is 3.43. The van der Waals surface area contributed by atoms with Crippen LogP contribution in [0, 0.1) is 5.92 Å². The van der Waals surface area contributed by atoms with Gasteiger partial charge in [0, 0.05) is 43.5 Å². The summed E-state index contributed by atoms with van der Waals surface area (Å²) in [5.74, 6) is 2.18. The number of hydrogen-bond acceptors (Lipinski definition) is 3. The fraction of sp³-hybridized carbons (Fsp3) is 0.579. The molecule has 130 valence electrons. The van der Waals surface area contributed by atoms with Crippen LogP contribution in [0.15, 0.2) is 24.3 Å². The predicted molar refractivity (Wildman–Crippen MR) is 97.8 cm³/mol. The average Bonchev–Trinajstić information content (AvgIpc) is 2.65. The SMILES string of the molecule is CCC(C)C(=O)N1Cc2ccccc2CC1C(=O)N1CCSCC1. The van der Waals surface area contributed by atoms with Crippen LogP contribution in [0.25, 0.3) is 0 Å². The number of fused-ring (bicyclic) bond motifs is 1. The van der Waals surface area contributed by atoms with Crippen LogP contribution in [-0.4, -0.2) is 52.3 Å². The Kier molecular flexibility index (Phi) is 5.49. The Balaban J connectivity index is 1.87. The Bertz CT molecular complexity index is 613. The molecule has 2 amide bonds. The van der Waals surface area contributed by atoms with Crippen LogP contribution >= 0.6 is 11.8 Å². The second-order valence-electron chi connectivity index (χ2n) is 6.70. The molecule has 0 aliphatic carbocycles. The molecule has 2 heterocycles. The van der Waals surface area contributed by atoms with Crippen molar-refractivity contribution in [3.63, 3.8) is 0 Å². The summed E-state index contributed by atoms with van der Waals surface area (Å²) < 4.78 is 0.